The molecule has 0 aliphatic heterocycles. The lowest BCUT2D eigenvalue weighted by Crippen LogP contribution is -2.20. The van der Waals surface area contributed by atoms with Crippen molar-refractivity contribution in [3.8, 4) is 0 Å². The van der Waals surface area contributed by atoms with Gasteiger partial charge < -0.3 is 5.11 Å². The number of carbonyl (C=O) groups is 1. The van der Waals surface area contributed by atoms with E-state index >= 15 is 0 Å². The van der Waals surface area contributed by atoms with Gasteiger partial charge in [0.05, 0.1) is 0 Å². The molecule has 1 aliphatic rings. The van der Waals surface area contributed by atoms with Gasteiger partial charge in [0.15, 0.2) is 5.76 Å². The van der Waals surface area contributed by atoms with Crippen LogP contribution < -0.4 is 0 Å². The van der Waals surface area contributed by atoms with E-state index in [1.165, 1.54) is 0 Å². The van der Waals surface area contributed by atoms with Crippen molar-refractivity contribution in [1.29, 1.82) is 0 Å². The maximum Gasteiger partial charge on any atom is 0.223 e. The number of carbonyl (C=O) groups excluding carboxylic acids is 1. The minimum atomic E-state index is -0.214. The van der Waals surface area contributed by atoms with E-state index in [9.17, 15) is 9.90 Å². The molecule has 0 aromatic carbocycles. The normalized spacial score (nSPS) is 17.1. The molecule has 1 N–H and O–H groups in total. The third kappa shape index (κ3) is 2.51. The molecule has 0 aromatic rings. The van der Waals surface area contributed by atoms with E-state index in [2.05, 4.69) is 0 Å². The molecular formula is C15H22O2. The Labute approximate surface area is 104 Å². The summed E-state index contributed by atoms with van der Waals surface area (Å²) >= 11 is 0. The number of Topliss-reactive ketones (excluding diaryl/α,β-unsaturated/α-hetero) is 1. The Morgan fingerprint density at radius 1 is 1.12 bits per heavy atom. The van der Waals surface area contributed by atoms with Crippen molar-refractivity contribution >= 4 is 5.78 Å². The second kappa shape index (κ2) is 4.91. The first-order valence-corrected chi connectivity index (χ1v) is 6.14. The summed E-state index contributed by atoms with van der Waals surface area (Å²) in [6.07, 6.45) is 1.94. The molecule has 0 aromatic heterocycles. The molecule has 2 heteroatoms. The van der Waals surface area contributed by atoms with Crippen molar-refractivity contribution in [3.05, 3.63) is 34.1 Å². The summed E-state index contributed by atoms with van der Waals surface area (Å²) in [5.41, 5.74) is 3.62. The molecule has 2 nitrogen and oxygen atoms in total. The maximum absolute atomic E-state index is 12.1. The van der Waals surface area contributed by atoms with Crippen molar-refractivity contribution in [2.24, 2.45) is 11.8 Å². The van der Waals surface area contributed by atoms with Gasteiger partial charge in [-0.15, -0.1) is 0 Å². The third-order valence-corrected chi connectivity index (χ3v) is 3.06. The summed E-state index contributed by atoms with van der Waals surface area (Å²) in [4.78, 5) is 12.1. The summed E-state index contributed by atoms with van der Waals surface area (Å²) in [5, 5.41) is 10.1. The molecule has 17 heavy (non-hydrogen) atoms. The lowest BCUT2D eigenvalue weighted by Gasteiger charge is -2.24. The standard InChI is InChI=1S/C15H22O2/c1-8(2)11-7-12(9(3)4)14(16)15(17)13(11)10(5)6/h7,9-10,17H,1-6H3. The molecule has 0 unspecified atom stereocenters. The van der Waals surface area contributed by atoms with Crippen LogP contribution in [0.5, 0.6) is 0 Å². The van der Waals surface area contributed by atoms with Crippen LogP contribution in [0.4, 0.5) is 0 Å². The minimum absolute atomic E-state index is 0.0672. The zero-order chi connectivity index (χ0) is 13.3. The zero-order valence-electron chi connectivity index (χ0n) is 11.6. The summed E-state index contributed by atoms with van der Waals surface area (Å²) in [7, 11) is 0. The van der Waals surface area contributed by atoms with Crippen molar-refractivity contribution in [2.45, 2.75) is 41.5 Å². The van der Waals surface area contributed by atoms with Gasteiger partial charge in [-0.2, -0.15) is 0 Å². The summed E-state index contributed by atoms with van der Waals surface area (Å²) in [5.74, 6) is -0.00220. The van der Waals surface area contributed by atoms with Crippen molar-refractivity contribution in [2.75, 3.05) is 0 Å². The van der Waals surface area contributed by atoms with Crippen molar-refractivity contribution in [1.82, 2.24) is 0 Å². The predicted octanol–water partition coefficient (Wildman–Crippen LogP) is 3.96. The fraction of sp³-hybridized carbons (Fsp3) is 0.533. The first-order chi connectivity index (χ1) is 7.77. The van der Waals surface area contributed by atoms with Crippen LogP contribution in [0.15, 0.2) is 34.1 Å². The molecular weight excluding hydrogens is 212 g/mol. The van der Waals surface area contributed by atoms with Gasteiger partial charge in [0, 0.05) is 11.1 Å². The van der Waals surface area contributed by atoms with Crippen LogP contribution in [-0.2, 0) is 4.79 Å². The monoisotopic (exact) mass is 234 g/mol. The van der Waals surface area contributed by atoms with E-state index in [0.717, 1.165) is 16.7 Å². The average Bonchev–Trinajstić information content (AvgIpc) is 2.19. The molecule has 0 radical (unpaired) electrons. The number of rotatable bonds is 2. The van der Waals surface area contributed by atoms with Crippen molar-refractivity contribution in [3.63, 3.8) is 0 Å². The van der Waals surface area contributed by atoms with Crippen LogP contribution in [0, 0.1) is 11.8 Å². The van der Waals surface area contributed by atoms with E-state index in [1.807, 2.05) is 47.6 Å². The number of aliphatic hydroxyl groups is 1. The molecule has 0 heterocycles. The fourth-order valence-electron chi connectivity index (χ4n) is 2.11. The van der Waals surface area contributed by atoms with Gasteiger partial charge >= 0.3 is 0 Å². The lowest BCUT2D eigenvalue weighted by atomic mass is 9.81. The van der Waals surface area contributed by atoms with Gasteiger partial charge in [-0.1, -0.05) is 33.3 Å². The molecule has 94 valence electrons. The number of hydrogen-bond donors (Lipinski definition) is 1. The Hall–Kier alpha value is -1.31. The largest absolute Gasteiger partial charge is 0.504 e. The summed E-state index contributed by atoms with van der Waals surface area (Å²) in [6, 6.07) is 0. The molecule has 0 saturated heterocycles. The number of allylic oxidation sites excluding steroid dienone is 5. The van der Waals surface area contributed by atoms with Crippen LogP contribution in [0.1, 0.15) is 41.5 Å². The van der Waals surface area contributed by atoms with Gasteiger partial charge in [0.2, 0.25) is 5.78 Å². The van der Waals surface area contributed by atoms with Crippen LogP contribution in [0.25, 0.3) is 0 Å². The molecule has 0 bridgehead atoms. The van der Waals surface area contributed by atoms with E-state index < -0.39 is 0 Å². The number of ketones is 1. The van der Waals surface area contributed by atoms with Gasteiger partial charge in [0.1, 0.15) is 0 Å². The quantitative estimate of drug-likeness (QED) is 0.785. The van der Waals surface area contributed by atoms with Gasteiger partial charge in [-0.3, -0.25) is 4.79 Å². The Kier molecular flexibility index (Phi) is 3.97. The number of hydrogen-bond acceptors (Lipinski definition) is 2. The SMILES string of the molecule is CC(C)=C1C=C(C(C)C)C(=O)C(O)=C1C(C)C. The van der Waals surface area contributed by atoms with E-state index in [-0.39, 0.29) is 23.4 Å². The Balaban J connectivity index is 3.45. The van der Waals surface area contributed by atoms with Gasteiger partial charge in [-0.05, 0) is 37.3 Å². The highest BCUT2D eigenvalue weighted by Gasteiger charge is 2.29. The lowest BCUT2D eigenvalue weighted by molar-refractivity contribution is -0.115. The highest BCUT2D eigenvalue weighted by atomic mass is 16.3. The first kappa shape index (κ1) is 13.8. The number of aliphatic hydroxyl groups excluding tert-OH is 1. The van der Waals surface area contributed by atoms with Crippen LogP contribution in [0.3, 0.4) is 0 Å². The second-order valence-electron chi connectivity index (χ2n) is 5.41. The van der Waals surface area contributed by atoms with Crippen LogP contribution in [0.2, 0.25) is 0 Å². The zero-order valence-corrected chi connectivity index (χ0v) is 11.6. The topological polar surface area (TPSA) is 37.3 Å². The van der Waals surface area contributed by atoms with Crippen LogP contribution in [-0.4, -0.2) is 10.9 Å². The second-order valence-corrected chi connectivity index (χ2v) is 5.41. The molecule has 0 spiro atoms. The average molecular weight is 234 g/mol. The first-order valence-electron chi connectivity index (χ1n) is 6.14. The molecule has 0 saturated carbocycles. The highest BCUT2D eigenvalue weighted by molar-refractivity contribution is 6.09. The smallest absolute Gasteiger partial charge is 0.223 e. The minimum Gasteiger partial charge on any atom is -0.504 e. The van der Waals surface area contributed by atoms with E-state index in [1.54, 1.807) is 0 Å². The van der Waals surface area contributed by atoms with Crippen molar-refractivity contribution < 1.29 is 9.90 Å². The Bertz CT molecular complexity index is 428. The Morgan fingerprint density at radius 2 is 1.65 bits per heavy atom. The summed E-state index contributed by atoms with van der Waals surface area (Å²) < 4.78 is 0. The molecule has 0 amide bonds. The molecule has 1 aliphatic carbocycles. The summed E-state index contributed by atoms with van der Waals surface area (Å²) in [6.45, 7) is 12.0. The fourth-order valence-corrected chi connectivity index (χ4v) is 2.11. The molecule has 1 rings (SSSR count). The van der Waals surface area contributed by atoms with E-state index in [0.29, 0.717) is 5.57 Å². The third-order valence-electron chi connectivity index (χ3n) is 3.06. The van der Waals surface area contributed by atoms with Gasteiger partial charge in [-0.25, -0.2) is 0 Å². The highest BCUT2D eigenvalue weighted by Crippen LogP contribution is 2.34. The Morgan fingerprint density at radius 3 is 2.00 bits per heavy atom. The maximum atomic E-state index is 12.1. The molecule has 0 fully saturated rings. The molecule has 0 atom stereocenters. The van der Waals surface area contributed by atoms with E-state index in [4.69, 9.17) is 0 Å². The van der Waals surface area contributed by atoms with Gasteiger partial charge in [0.25, 0.3) is 0 Å². The predicted molar refractivity (Wildman–Crippen MR) is 70.8 cm³/mol. The van der Waals surface area contributed by atoms with Crippen LogP contribution >= 0.6 is 0 Å².